The summed E-state index contributed by atoms with van der Waals surface area (Å²) < 4.78 is 0. The van der Waals surface area contributed by atoms with Gasteiger partial charge in [-0.2, -0.15) is 0 Å². The van der Waals surface area contributed by atoms with Crippen LogP contribution in [0.2, 0.25) is 5.02 Å². The van der Waals surface area contributed by atoms with Gasteiger partial charge >= 0.3 is 0 Å². The highest BCUT2D eigenvalue weighted by Crippen LogP contribution is 2.38. The van der Waals surface area contributed by atoms with Crippen molar-refractivity contribution < 1.29 is 0 Å². The van der Waals surface area contributed by atoms with Crippen molar-refractivity contribution >= 4 is 11.6 Å². The highest BCUT2D eigenvalue weighted by Gasteiger charge is 2.36. The Morgan fingerprint density at radius 1 is 1.32 bits per heavy atom. The molecule has 1 aliphatic rings. The lowest BCUT2D eigenvalue weighted by Crippen LogP contribution is -2.42. The van der Waals surface area contributed by atoms with Gasteiger partial charge in [0.25, 0.3) is 0 Å². The van der Waals surface area contributed by atoms with Crippen molar-refractivity contribution in [3.05, 3.63) is 34.9 Å². The standard InChI is InChI=1S/C16H25ClN2/c1-3-11-19(12-9-10-12)16(15(18)4-2)13-7-5-6-8-14(13)17/h5-8,12,15-16H,3-4,9-11,18H2,1-2H3. The largest absolute Gasteiger partial charge is 0.326 e. The van der Waals surface area contributed by atoms with Crippen LogP contribution in [-0.4, -0.2) is 23.5 Å². The SMILES string of the molecule is CCCN(C1CC1)C(c1ccccc1Cl)C(N)CC. The fourth-order valence-electron chi connectivity index (χ4n) is 2.81. The first-order valence-electron chi connectivity index (χ1n) is 7.44. The third-order valence-corrected chi connectivity index (χ3v) is 4.30. The molecule has 1 aromatic carbocycles. The zero-order valence-electron chi connectivity index (χ0n) is 12.0. The van der Waals surface area contributed by atoms with Crippen molar-refractivity contribution in [2.24, 2.45) is 5.73 Å². The van der Waals surface area contributed by atoms with Crippen LogP contribution in [0.15, 0.2) is 24.3 Å². The minimum absolute atomic E-state index is 0.145. The zero-order chi connectivity index (χ0) is 13.8. The first-order chi connectivity index (χ1) is 9.19. The summed E-state index contributed by atoms with van der Waals surface area (Å²) in [6.07, 6.45) is 4.74. The van der Waals surface area contributed by atoms with E-state index in [1.807, 2.05) is 12.1 Å². The van der Waals surface area contributed by atoms with Crippen molar-refractivity contribution in [1.29, 1.82) is 0 Å². The van der Waals surface area contributed by atoms with Crippen molar-refractivity contribution in [1.82, 2.24) is 4.90 Å². The monoisotopic (exact) mass is 280 g/mol. The van der Waals surface area contributed by atoms with E-state index in [4.69, 9.17) is 17.3 Å². The fraction of sp³-hybridized carbons (Fsp3) is 0.625. The number of nitrogens with two attached hydrogens (primary N) is 1. The Kier molecular flexibility index (Phi) is 5.26. The van der Waals surface area contributed by atoms with E-state index < -0.39 is 0 Å². The predicted molar refractivity (Wildman–Crippen MR) is 82.5 cm³/mol. The van der Waals surface area contributed by atoms with Crippen molar-refractivity contribution in [2.75, 3.05) is 6.54 Å². The van der Waals surface area contributed by atoms with Crippen molar-refractivity contribution in [3.63, 3.8) is 0 Å². The molecule has 0 spiro atoms. The number of rotatable bonds is 7. The van der Waals surface area contributed by atoms with Crippen LogP contribution in [0, 0.1) is 0 Å². The molecule has 0 aliphatic heterocycles. The first kappa shape index (κ1) is 14.8. The van der Waals surface area contributed by atoms with E-state index in [0.29, 0.717) is 6.04 Å². The topological polar surface area (TPSA) is 29.3 Å². The molecule has 0 heterocycles. The number of benzene rings is 1. The summed E-state index contributed by atoms with van der Waals surface area (Å²) in [7, 11) is 0. The second kappa shape index (κ2) is 6.74. The highest BCUT2D eigenvalue weighted by atomic mass is 35.5. The quantitative estimate of drug-likeness (QED) is 0.818. The van der Waals surface area contributed by atoms with E-state index in [1.54, 1.807) is 0 Å². The molecular weight excluding hydrogens is 256 g/mol. The Morgan fingerprint density at radius 2 is 2.00 bits per heavy atom. The number of hydrogen-bond acceptors (Lipinski definition) is 2. The predicted octanol–water partition coefficient (Wildman–Crippen LogP) is 3.99. The maximum absolute atomic E-state index is 6.41. The average molecular weight is 281 g/mol. The molecule has 2 unspecified atom stereocenters. The molecule has 3 heteroatoms. The summed E-state index contributed by atoms with van der Waals surface area (Å²) >= 11 is 6.41. The smallest absolute Gasteiger partial charge is 0.0516 e. The van der Waals surface area contributed by atoms with Gasteiger partial charge < -0.3 is 5.73 Å². The van der Waals surface area contributed by atoms with Crippen LogP contribution < -0.4 is 5.73 Å². The molecule has 0 radical (unpaired) electrons. The van der Waals surface area contributed by atoms with Gasteiger partial charge in [-0.15, -0.1) is 0 Å². The van der Waals surface area contributed by atoms with Crippen LogP contribution in [0.3, 0.4) is 0 Å². The van der Waals surface area contributed by atoms with Crippen LogP contribution in [0.4, 0.5) is 0 Å². The van der Waals surface area contributed by atoms with Gasteiger partial charge in [0.05, 0.1) is 6.04 Å². The lowest BCUT2D eigenvalue weighted by Gasteiger charge is -2.36. The van der Waals surface area contributed by atoms with Gasteiger partial charge in [-0.3, -0.25) is 4.90 Å². The number of halogens is 1. The molecule has 106 valence electrons. The molecule has 0 saturated heterocycles. The van der Waals surface area contributed by atoms with Gasteiger partial charge in [-0.1, -0.05) is 43.6 Å². The normalized spacial score (nSPS) is 18.6. The Morgan fingerprint density at radius 3 is 2.53 bits per heavy atom. The van der Waals surface area contributed by atoms with Gasteiger partial charge in [-0.25, -0.2) is 0 Å². The molecule has 1 fully saturated rings. The molecule has 2 N–H and O–H groups in total. The van der Waals surface area contributed by atoms with Gasteiger partial charge in [0, 0.05) is 17.1 Å². The number of nitrogens with zero attached hydrogens (tertiary/aromatic N) is 1. The molecule has 2 rings (SSSR count). The maximum atomic E-state index is 6.41. The van der Waals surface area contributed by atoms with E-state index in [-0.39, 0.29) is 12.1 Å². The summed E-state index contributed by atoms with van der Waals surface area (Å²) in [6, 6.07) is 9.27. The molecule has 0 amide bonds. The zero-order valence-corrected chi connectivity index (χ0v) is 12.7. The molecular formula is C16H25ClN2. The van der Waals surface area contributed by atoms with Gasteiger partial charge in [0.15, 0.2) is 0 Å². The molecule has 19 heavy (non-hydrogen) atoms. The second-order valence-corrected chi connectivity index (χ2v) is 5.91. The Bertz CT molecular complexity index is 403. The second-order valence-electron chi connectivity index (χ2n) is 5.51. The van der Waals surface area contributed by atoms with E-state index in [2.05, 4.69) is 30.9 Å². The number of hydrogen-bond donors (Lipinski definition) is 1. The summed E-state index contributed by atoms with van der Waals surface area (Å²) in [5, 5.41) is 0.846. The summed E-state index contributed by atoms with van der Waals surface area (Å²) in [6.45, 7) is 5.50. The third kappa shape index (κ3) is 3.50. The van der Waals surface area contributed by atoms with Gasteiger partial charge in [-0.05, 0) is 43.9 Å². The lowest BCUT2D eigenvalue weighted by molar-refractivity contribution is 0.159. The molecule has 1 saturated carbocycles. The summed E-state index contributed by atoms with van der Waals surface area (Å²) in [5.41, 5.74) is 7.61. The molecule has 1 aliphatic carbocycles. The van der Waals surface area contributed by atoms with E-state index >= 15 is 0 Å². The van der Waals surface area contributed by atoms with Crippen molar-refractivity contribution in [3.8, 4) is 0 Å². The van der Waals surface area contributed by atoms with Crippen LogP contribution in [0.25, 0.3) is 0 Å². The fourth-order valence-corrected chi connectivity index (χ4v) is 3.05. The first-order valence-corrected chi connectivity index (χ1v) is 7.82. The maximum Gasteiger partial charge on any atom is 0.0516 e. The van der Waals surface area contributed by atoms with Gasteiger partial charge in [0.2, 0.25) is 0 Å². The summed E-state index contributed by atoms with van der Waals surface area (Å²) in [4.78, 5) is 2.58. The molecule has 0 bridgehead atoms. The van der Waals surface area contributed by atoms with E-state index in [9.17, 15) is 0 Å². The Hall–Kier alpha value is -0.570. The van der Waals surface area contributed by atoms with E-state index in [0.717, 1.165) is 24.4 Å². The van der Waals surface area contributed by atoms with Crippen LogP contribution in [0.5, 0.6) is 0 Å². The van der Waals surface area contributed by atoms with Crippen molar-refractivity contribution in [2.45, 2.75) is 57.7 Å². The minimum atomic E-state index is 0.145. The Balaban J connectivity index is 2.31. The van der Waals surface area contributed by atoms with Crippen LogP contribution in [-0.2, 0) is 0 Å². The highest BCUT2D eigenvalue weighted by molar-refractivity contribution is 6.31. The molecule has 2 atom stereocenters. The lowest BCUT2D eigenvalue weighted by atomic mass is 9.95. The summed E-state index contributed by atoms with van der Waals surface area (Å²) in [5.74, 6) is 0. The van der Waals surface area contributed by atoms with Crippen LogP contribution in [0.1, 0.15) is 51.1 Å². The van der Waals surface area contributed by atoms with Crippen LogP contribution >= 0.6 is 11.6 Å². The third-order valence-electron chi connectivity index (χ3n) is 3.96. The average Bonchev–Trinajstić information content (AvgIpc) is 3.24. The molecule has 0 aromatic heterocycles. The van der Waals surface area contributed by atoms with E-state index in [1.165, 1.54) is 18.4 Å². The molecule has 1 aromatic rings. The van der Waals surface area contributed by atoms with Gasteiger partial charge in [0.1, 0.15) is 0 Å². The Labute approximate surface area is 121 Å². The molecule has 2 nitrogen and oxygen atoms in total. The minimum Gasteiger partial charge on any atom is -0.326 e.